The van der Waals surface area contributed by atoms with Gasteiger partial charge in [0.1, 0.15) is 5.69 Å². The van der Waals surface area contributed by atoms with Crippen LogP contribution in [0.5, 0.6) is 0 Å². The van der Waals surface area contributed by atoms with Gasteiger partial charge < -0.3 is 0 Å². The summed E-state index contributed by atoms with van der Waals surface area (Å²) in [4.78, 5) is 35.9. The fourth-order valence-corrected chi connectivity index (χ4v) is 3.40. The van der Waals surface area contributed by atoms with Gasteiger partial charge in [0, 0.05) is 24.8 Å². The van der Waals surface area contributed by atoms with Crippen LogP contribution >= 0.6 is 0 Å². The van der Waals surface area contributed by atoms with Crippen LogP contribution in [0.15, 0.2) is 46.2 Å². The number of rotatable bonds is 6. The van der Waals surface area contributed by atoms with Crippen LogP contribution in [-0.2, 0) is 25.8 Å². The van der Waals surface area contributed by atoms with Crippen LogP contribution in [0.2, 0.25) is 0 Å². The quantitative estimate of drug-likeness (QED) is 0.436. The van der Waals surface area contributed by atoms with Crippen molar-refractivity contribution in [2.45, 2.75) is 39.7 Å². The highest BCUT2D eigenvalue weighted by atomic mass is 19.4. The summed E-state index contributed by atoms with van der Waals surface area (Å²) in [6.07, 6.45) is -2.10. The lowest BCUT2D eigenvalue weighted by atomic mass is 10.1. The van der Waals surface area contributed by atoms with Crippen molar-refractivity contribution in [1.29, 1.82) is 0 Å². The molecule has 9 nitrogen and oxygen atoms in total. The molecule has 0 bridgehead atoms. The normalized spacial score (nSPS) is 11.6. The summed E-state index contributed by atoms with van der Waals surface area (Å²) in [7, 11) is 0. The van der Waals surface area contributed by atoms with Crippen LogP contribution in [0.1, 0.15) is 25.0 Å². The number of halogens is 3. The monoisotopic (exact) mass is 437 g/mol. The summed E-state index contributed by atoms with van der Waals surface area (Å²) in [5.74, 6) is 0. The molecule has 0 amide bonds. The first-order valence-corrected chi connectivity index (χ1v) is 9.30. The van der Waals surface area contributed by atoms with Crippen LogP contribution in [0.4, 0.5) is 18.9 Å². The minimum absolute atomic E-state index is 0.0391. The van der Waals surface area contributed by atoms with Gasteiger partial charge in [0.2, 0.25) is 0 Å². The number of alkyl halides is 3. The third-order valence-electron chi connectivity index (χ3n) is 4.78. The Kier molecular flexibility index (Phi) is 5.82. The van der Waals surface area contributed by atoms with Crippen molar-refractivity contribution >= 4 is 5.69 Å². The summed E-state index contributed by atoms with van der Waals surface area (Å²) in [6.45, 7) is 2.83. The molecule has 1 aromatic carbocycles. The zero-order chi connectivity index (χ0) is 22.9. The van der Waals surface area contributed by atoms with E-state index in [1.165, 1.54) is 42.2 Å². The van der Waals surface area contributed by atoms with E-state index < -0.39 is 33.6 Å². The van der Waals surface area contributed by atoms with Gasteiger partial charge in [-0.3, -0.25) is 28.7 Å². The van der Waals surface area contributed by atoms with E-state index in [4.69, 9.17) is 0 Å². The Bertz CT molecular complexity index is 1260. The van der Waals surface area contributed by atoms with Crippen LogP contribution in [-0.4, -0.2) is 23.8 Å². The maximum Gasteiger partial charge on any atom is 0.416 e. The summed E-state index contributed by atoms with van der Waals surface area (Å²) in [5.41, 5.74) is -3.59. The van der Waals surface area contributed by atoms with Gasteiger partial charge in [-0.2, -0.15) is 18.3 Å². The molecule has 0 aliphatic carbocycles. The van der Waals surface area contributed by atoms with E-state index in [9.17, 15) is 32.9 Å². The average molecular weight is 437 g/mol. The van der Waals surface area contributed by atoms with Crippen molar-refractivity contribution in [2.75, 3.05) is 0 Å². The molecule has 0 spiro atoms. The molecule has 0 saturated heterocycles. The van der Waals surface area contributed by atoms with Crippen LogP contribution < -0.4 is 11.2 Å². The highest BCUT2D eigenvalue weighted by Gasteiger charge is 2.33. The topological polar surface area (TPSA) is 105 Å². The first-order valence-electron chi connectivity index (χ1n) is 9.30. The fourth-order valence-electron chi connectivity index (χ4n) is 3.40. The Labute approximate surface area is 173 Å². The molecule has 2 aromatic heterocycles. The minimum atomic E-state index is -4.56. The Hall–Kier alpha value is -3.70. The Balaban J connectivity index is 2.16. The highest BCUT2D eigenvalue weighted by molar-refractivity contribution is 5.68. The number of benzene rings is 1. The van der Waals surface area contributed by atoms with E-state index in [0.717, 1.165) is 15.2 Å². The molecule has 3 rings (SSSR count). The molecule has 0 fully saturated rings. The lowest BCUT2D eigenvalue weighted by Gasteiger charge is -2.13. The number of nitro groups is 1. The first-order chi connectivity index (χ1) is 14.6. The lowest BCUT2D eigenvalue weighted by molar-refractivity contribution is -0.386. The highest BCUT2D eigenvalue weighted by Crippen LogP contribution is 2.32. The summed E-state index contributed by atoms with van der Waals surface area (Å²) < 4.78 is 42.7. The van der Waals surface area contributed by atoms with E-state index in [1.807, 2.05) is 0 Å². The number of hydrogen-bond acceptors (Lipinski definition) is 5. The Morgan fingerprint density at radius 3 is 2.32 bits per heavy atom. The summed E-state index contributed by atoms with van der Waals surface area (Å²) in [6, 6.07) is 4.98. The molecule has 12 heteroatoms. The largest absolute Gasteiger partial charge is 0.416 e. The molecule has 0 atom stereocenters. The second kappa shape index (κ2) is 8.20. The maximum atomic E-state index is 13.2. The molecule has 0 radical (unpaired) electrons. The van der Waals surface area contributed by atoms with Crippen molar-refractivity contribution in [1.82, 2.24) is 18.9 Å². The first kappa shape index (κ1) is 22.0. The van der Waals surface area contributed by atoms with Crippen molar-refractivity contribution in [3.05, 3.63) is 78.7 Å². The molecule has 0 N–H and O–H groups in total. The zero-order valence-electron chi connectivity index (χ0n) is 16.6. The predicted molar refractivity (Wildman–Crippen MR) is 105 cm³/mol. The van der Waals surface area contributed by atoms with E-state index >= 15 is 0 Å². The van der Waals surface area contributed by atoms with E-state index in [1.54, 1.807) is 6.92 Å². The molecular formula is C19H18F3N5O4. The molecule has 2 heterocycles. The smallest absolute Gasteiger partial charge is 0.287 e. The van der Waals surface area contributed by atoms with Crippen molar-refractivity contribution < 1.29 is 18.1 Å². The van der Waals surface area contributed by atoms with Gasteiger partial charge in [0.25, 0.3) is 0 Å². The van der Waals surface area contributed by atoms with Gasteiger partial charge in [0.05, 0.1) is 23.2 Å². The third-order valence-corrected chi connectivity index (χ3v) is 4.78. The van der Waals surface area contributed by atoms with Crippen molar-refractivity contribution in [2.24, 2.45) is 0 Å². The van der Waals surface area contributed by atoms with Crippen molar-refractivity contribution in [3.8, 4) is 11.3 Å². The van der Waals surface area contributed by atoms with Crippen LogP contribution in [0.25, 0.3) is 11.3 Å². The van der Waals surface area contributed by atoms with E-state index in [2.05, 4.69) is 5.10 Å². The fraction of sp³-hybridized carbons (Fsp3) is 0.316. The van der Waals surface area contributed by atoms with Crippen LogP contribution in [0.3, 0.4) is 0 Å². The molecule has 0 saturated carbocycles. The van der Waals surface area contributed by atoms with Gasteiger partial charge in [-0.25, -0.2) is 4.79 Å². The maximum absolute atomic E-state index is 13.2. The van der Waals surface area contributed by atoms with Gasteiger partial charge in [-0.05, 0) is 25.5 Å². The second-order valence-corrected chi connectivity index (χ2v) is 6.61. The van der Waals surface area contributed by atoms with Gasteiger partial charge in [-0.1, -0.05) is 18.2 Å². The molecule has 31 heavy (non-hydrogen) atoms. The number of hydrogen-bond donors (Lipinski definition) is 0. The average Bonchev–Trinajstić information content (AvgIpc) is 3.15. The van der Waals surface area contributed by atoms with Gasteiger partial charge >= 0.3 is 23.1 Å². The Morgan fingerprint density at radius 1 is 1.10 bits per heavy atom. The number of nitrogens with zero attached hydrogens (tertiary/aromatic N) is 5. The standard InChI is InChI=1S/C19H18F3N5O4/c1-3-25-15(16(27(30)31)17(28)26(4-2)18(25)29)13-9-23-24(11-13)10-12-7-5-6-8-14(12)19(20,21)22/h5-9,11H,3-4,10H2,1-2H3. The third kappa shape index (κ3) is 4.00. The van der Waals surface area contributed by atoms with Gasteiger partial charge in [-0.15, -0.1) is 0 Å². The molecule has 0 aliphatic rings. The molecular weight excluding hydrogens is 419 g/mol. The molecule has 0 aliphatic heterocycles. The predicted octanol–water partition coefficient (Wildman–Crippen LogP) is 2.89. The molecule has 0 unspecified atom stereocenters. The Morgan fingerprint density at radius 2 is 1.74 bits per heavy atom. The number of aromatic nitrogens is 4. The minimum Gasteiger partial charge on any atom is -0.287 e. The molecule has 164 valence electrons. The lowest BCUT2D eigenvalue weighted by Crippen LogP contribution is -2.41. The summed E-state index contributed by atoms with van der Waals surface area (Å²) >= 11 is 0. The van der Waals surface area contributed by atoms with Crippen molar-refractivity contribution in [3.63, 3.8) is 0 Å². The van der Waals surface area contributed by atoms with Gasteiger partial charge in [0.15, 0.2) is 0 Å². The van der Waals surface area contributed by atoms with E-state index in [0.29, 0.717) is 0 Å². The second-order valence-electron chi connectivity index (χ2n) is 6.61. The summed E-state index contributed by atoms with van der Waals surface area (Å²) in [5, 5.41) is 15.6. The molecule has 3 aromatic rings. The SMILES string of the molecule is CCn1c(-c2cnn(Cc3ccccc3C(F)(F)F)c2)c([N+](=O)[O-])c(=O)n(CC)c1=O. The zero-order valence-corrected chi connectivity index (χ0v) is 16.6. The van der Waals surface area contributed by atoms with Crippen LogP contribution in [0, 0.1) is 10.1 Å². The van der Waals surface area contributed by atoms with E-state index in [-0.39, 0.29) is 36.5 Å².